The van der Waals surface area contributed by atoms with E-state index in [1.54, 1.807) is 30.3 Å². The fourth-order valence-electron chi connectivity index (χ4n) is 2.35. The maximum Gasteiger partial charge on any atom is 0.240 e. The number of hydrogen-bond acceptors (Lipinski definition) is 3. The molecule has 0 amide bonds. The molecule has 0 aliphatic heterocycles. The van der Waals surface area contributed by atoms with E-state index < -0.39 is 10.0 Å². The third-order valence-electron chi connectivity index (χ3n) is 3.74. The second-order valence-electron chi connectivity index (χ2n) is 5.70. The molecule has 0 saturated carbocycles. The number of nitrogens with one attached hydrogen (secondary N) is 1. The van der Waals surface area contributed by atoms with E-state index in [2.05, 4.69) is 4.72 Å². The van der Waals surface area contributed by atoms with Gasteiger partial charge in [0.1, 0.15) is 12.4 Å². The van der Waals surface area contributed by atoms with Gasteiger partial charge in [-0.2, -0.15) is 0 Å². The van der Waals surface area contributed by atoms with Crippen LogP contribution < -0.4 is 9.46 Å². The molecule has 1 N–H and O–H groups in total. The molecule has 6 heteroatoms. The summed E-state index contributed by atoms with van der Waals surface area (Å²) in [4.78, 5) is 0.246. The molecule has 0 spiro atoms. The van der Waals surface area contributed by atoms with Crippen molar-refractivity contribution >= 4 is 21.6 Å². The Labute approximate surface area is 158 Å². The van der Waals surface area contributed by atoms with Gasteiger partial charge in [-0.15, -0.1) is 0 Å². The molecule has 0 aliphatic carbocycles. The summed E-state index contributed by atoms with van der Waals surface area (Å²) in [7, 11) is -3.53. The predicted molar refractivity (Wildman–Crippen MR) is 103 cm³/mol. The molecule has 0 saturated heterocycles. The molecule has 3 rings (SSSR count). The zero-order valence-electron chi connectivity index (χ0n) is 13.9. The summed E-state index contributed by atoms with van der Waals surface area (Å²) >= 11 is 5.87. The Morgan fingerprint density at radius 3 is 2.31 bits per heavy atom. The molecule has 0 unspecified atom stereocenters. The maximum absolute atomic E-state index is 12.3. The smallest absolute Gasteiger partial charge is 0.240 e. The Bertz CT molecular complexity index is 958. The largest absolute Gasteiger partial charge is 0.489 e. The van der Waals surface area contributed by atoms with Crippen molar-refractivity contribution in [3.63, 3.8) is 0 Å². The summed E-state index contributed by atoms with van der Waals surface area (Å²) in [5.74, 6) is 0.677. The first-order valence-electron chi connectivity index (χ1n) is 8.04. The predicted octanol–water partition coefficient (Wildman–Crippen LogP) is 4.40. The summed E-state index contributed by atoms with van der Waals surface area (Å²) in [5.41, 5.74) is 1.82. The highest BCUT2D eigenvalue weighted by Crippen LogP contribution is 2.17. The quantitative estimate of drug-likeness (QED) is 0.653. The van der Waals surface area contributed by atoms with Crippen LogP contribution in [0, 0.1) is 0 Å². The number of sulfonamides is 1. The number of rotatable bonds is 7. The molecule has 26 heavy (non-hydrogen) atoms. The first-order valence-corrected chi connectivity index (χ1v) is 9.90. The van der Waals surface area contributed by atoms with Crippen molar-refractivity contribution in [2.75, 3.05) is 0 Å². The molecule has 3 aromatic rings. The fraction of sp³-hybridized carbons (Fsp3) is 0.100. The van der Waals surface area contributed by atoms with E-state index in [4.69, 9.17) is 16.3 Å². The van der Waals surface area contributed by atoms with E-state index in [0.717, 1.165) is 11.1 Å². The Hall–Kier alpha value is -2.34. The first-order chi connectivity index (χ1) is 12.5. The van der Waals surface area contributed by atoms with Crippen molar-refractivity contribution in [1.29, 1.82) is 0 Å². The molecule has 4 nitrogen and oxygen atoms in total. The van der Waals surface area contributed by atoms with E-state index >= 15 is 0 Å². The Morgan fingerprint density at radius 2 is 1.58 bits per heavy atom. The summed E-state index contributed by atoms with van der Waals surface area (Å²) in [6, 6.07) is 23.1. The van der Waals surface area contributed by atoms with Crippen LogP contribution in [-0.4, -0.2) is 8.42 Å². The second-order valence-corrected chi connectivity index (χ2v) is 7.90. The van der Waals surface area contributed by atoms with Crippen molar-refractivity contribution in [3.05, 3.63) is 95.0 Å². The second kappa shape index (κ2) is 8.36. The van der Waals surface area contributed by atoms with Gasteiger partial charge in [0.25, 0.3) is 0 Å². The van der Waals surface area contributed by atoms with Crippen LogP contribution in [-0.2, 0) is 23.2 Å². The van der Waals surface area contributed by atoms with E-state index in [-0.39, 0.29) is 11.4 Å². The summed E-state index contributed by atoms with van der Waals surface area (Å²) in [6.07, 6.45) is 0. The lowest BCUT2D eigenvalue weighted by Crippen LogP contribution is -2.23. The molecule has 0 bridgehead atoms. The van der Waals surface area contributed by atoms with Gasteiger partial charge >= 0.3 is 0 Å². The zero-order valence-corrected chi connectivity index (χ0v) is 15.5. The Morgan fingerprint density at radius 1 is 0.846 bits per heavy atom. The molecule has 134 valence electrons. The van der Waals surface area contributed by atoms with Gasteiger partial charge in [-0.05, 0) is 47.5 Å². The SMILES string of the molecule is O=S(=O)(NCc1cccc(OCc2ccc(Cl)cc2)c1)c1ccccc1. The van der Waals surface area contributed by atoms with Gasteiger partial charge in [0.15, 0.2) is 0 Å². The molecule has 0 atom stereocenters. The maximum atomic E-state index is 12.3. The van der Waals surface area contributed by atoms with Gasteiger partial charge in [0.05, 0.1) is 4.90 Å². The van der Waals surface area contributed by atoms with Crippen molar-refractivity contribution in [3.8, 4) is 5.75 Å². The minimum Gasteiger partial charge on any atom is -0.489 e. The number of halogens is 1. The highest BCUT2D eigenvalue weighted by atomic mass is 35.5. The lowest BCUT2D eigenvalue weighted by atomic mass is 10.2. The molecule has 0 heterocycles. The van der Waals surface area contributed by atoms with Crippen molar-refractivity contribution in [2.45, 2.75) is 18.0 Å². The van der Waals surface area contributed by atoms with Gasteiger partial charge in [-0.1, -0.05) is 54.1 Å². The van der Waals surface area contributed by atoms with Gasteiger partial charge in [0.2, 0.25) is 10.0 Å². The van der Waals surface area contributed by atoms with Crippen LogP contribution in [0.4, 0.5) is 0 Å². The average Bonchev–Trinajstić information content (AvgIpc) is 2.67. The standard InChI is InChI=1S/C20H18ClNO3S/c21-18-11-9-16(10-12-18)15-25-19-6-4-5-17(13-19)14-22-26(23,24)20-7-2-1-3-8-20/h1-13,22H,14-15H2. The third kappa shape index (κ3) is 5.08. The van der Waals surface area contributed by atoms with Gasteiger partial charge in [-0.3, -0.25) is 0 Å². The van der Waals surface area contributed by atoms with Crippen molar-refractivity contribution in [2.24, 2.45) is 0 Å². The molecule has 0 aromatic heterocycles. The minimum absolute atomic E-state index is 0.190. The van der Waals surface area contributed by atoms with Crippen LogP contribution in [0.3, 0.4) is 0 Å². The molecular formula is C20H18ClNO3S. The summed E-state index contributed by atoms with van der Waals surface area (Å²) in [5, 5.41) is 0.682. The number of ether oxygens (including phenoxy) is 1. The van der Waals surface area contributed by atoms with Gasteiger partial charge in [0, 0.05) is 11.6 Å². The van der Waals surface area contributed by atoms with Crippen LogP contribution in [0.15, 0.2) is 83.8 Å². The molecule has 0 fully saturated rings. The monoisotopic (exact) mass is 387 g/mol. The highest BCUT2D eigenvalue weighted by molar-refractivity contribution is 7.89. The van der Waals surface area contributed by atoms with E-state index in [1.807, 2.05) is 48.5 Å². The van der Waals surface area contributed by atoms with E-state index in [0.29, 0.717) is 17.4 Å². The number of hydrogen-bond donors (Lipinski definition) is 1. The first kappa shape index (κ1) is 18.5. The normalized spacial score (nSPS) is 11.3. The van der Waals surface area contributed by atoms with Gasteiger partial charge < -0.3 is 4.74 Å². The molecule has 0 radical (unpaired) electrons. The van der Waals surface area contributed by atoms with E-state index in [9.17, 15) is 8.42 Å². The summed E-state index contributed by atoms with van der Waals surface area (Å²) < 4.78 is 32.9. The average molecular weight is 388 g/mol. The fourth-order valence-corrected chi connectivity index (χ4v) is 3.52. The Balaban J connectivity index is 1.61. The van der Waals surface area contributed by atoms with Crippen LogP contribution in [0.5, 0.6) is 5.75 Å². The highest BCUT2D eigenvalue weighted by Gasteiger charge is 2.12. The zero-order chi connectivity index (χ0) is 18.4. The minimum atomic E-state index is -3.53. The molecule has 3 aromatic carbocycles. The lowest BCUT2D eigenvalue weighted by Gasteiger charge is -2.10. The van der Waals surface area contributed by atoms with Crippen LogP contribution in [0.1, 0.15) is 11.1 Å². The van der Waals surface area contributed by atoms with Crippen LogP contribution >= 0.6 is 11.6 Å². The number of benzene rings is 3. The van der Waals surface area contributed by atoms with E-state index in [1.165, 1.54) is 0 Å². The van der Waals surface area contributed by atoms with Crippen LogP contribution in [0.25, 0.3) is 0 Å². The van der Waals surface area contributed by atoms with Crippen molar-refractivity contribution < 1.29 is 13.2 Å². The van der Waals surface area contributed by atoms with Gasteiger partial charge in [-0.25, -0.2) is 13.1 Å². The van der Waals surface area contributed by atoms with Crippen molar-refractivity contribution in [1.82, 2.24) is 4.72 Å². The molecule has 0 aliphatic rings. The topological polar surface area (TPSA) is 55.4 Å². The Kier molecular flexibility index (Phi) is 5.93. The lowest BCUT2D eigenvalue weighted by molar-refractivity contribution is 0.306. The molecular weight excluding hydrogens is 370 g/mol. The third-order valence-corrected chi connectivity index (χ3v) is 5.41. The van der Waals surface area contributed by atoms with Crippen LogP contribution in [0.2, 0.25) is 5.02 Å². The summed E-state index contributed by atoms with van der Waals surface area (Å²) in [6.45, 7) is 0.603.